The summed E-state index contributed by atoms with van der Waals surface area (Å²) in [5.41, 5.74) is 6.43. The molecule has 3 N–H and O–H groups in total. The van der Waals surface area contributed by atoms with Crippen molar-refractivity contribution in [3.05, 3.63) is 23.8 Å². The number of hydrogen-bond donors (Lipinski definition) is 2. The highest BCUT2D eigenvalue weighted by Gasteiger charge is 2.18. The van der Waals surface area contributed by atoms with Crippen molar-refractivity contribution in [2.45, 2.75) is 32.9 Å². The zero-order chi connectivity index (χ0) is 13.8. The fourth-order valence-corrected chi connectivity index (χ4v) is 1.46. The average Bonchev–Trinajstić information content (AvgIpc) is 2.26. The molecule has 100 valence electrons. The molecule has 0 aliphatic heterocycles. The third-order valence-corrected chi connectivity index (χ3v) is 2.18. The van der Waals surface area contributed by atoms with E-state index in [1.165, 1.54) is 7.11 Å². The van der Waals surface area contributed by atoms with Gasteiger partial charge in [0.05, 0.1) is 12.8 Å². The molecule has 0 atom stereocenters. The Kier molecular flexibility index (Phi) is 4.55. The standard InChI is InChI=1S/C13H20N2O3/c1-13(2,3)18-12(16)15-11-9(8-14)6-5-7-10(11)17-4/h5-7H,8,14H2,1-4H3,(H,15,16). The molecule has 1 aromatic rings. The van der Waals surface area contributed by atoms with E-state index in [-0.39, 0.29) is 0 Å². The average molecular weight is 252 g/mol. The zero-order valence-electron chi connectivity index (χ0n) is 11.2. The van der Waals surface area contributed by atoms with Crippen LogP contribution in [0.5, 0.6) is 5.75 Å². The predicted octanol–water partition coefficient (Wildman–Crippen LogP) is 2.50. The summed E-state index contributed by atoms with van der Waals surface area (Å²) in [4.78, 5) is 11.7. The van der Waals surface area contributed by atoms with E-state index in [0.29, 0.717) is 18.0 Å². The maximum absolute atomic E-state index is 11.7. The van der Waals surface area contributed by atoms with Crippen molar-refractivity contribution in [1.29, 1.82) is 0 Å². The second-order valence-corrected chi connectivity index (χ2v) is 4.83. The molecule has 1 aromatic carbocycles. The van der Waals surface area contributed by atoms with Crippen LogP contribution in [0.2, 0.25) is 0 Å². The van der Waals surface area contributed by atoms with Gasteiger partial charge in [-0.2, -0.15) is 0 Å². The number of carbonyl (C=O) groups is 1. The molecule has 0 heterocycles. The van der Waals surface area contributed by atoms with E-state index >= 15 is 0 Å². The van der Waals surface area contributed by atoms with Gasteiger partial charge in [-0.05, 0) is 32.4 Å². The van der Waals surface area contributed by atoms with E-state index in [4.69, 9.17) is 15.2 Å². The number of rotatable bonds is 3. The number of hydrogen-bond acceptors (Lipinski definition) is 4. The van der Waals surface area contributed by atoms with E-state index in [1.54, 1.807) is 26.8 Å². The molecule has 5 nitrogen and oxygen atoms in total. The number of benzene rings is 1. The van der Waals surface area contributed by atoms with Crippen LogP contribution in [0.1, 0.15) is 26.3 Å². The fourth-order valence-electron chi connectivity index (χ4n) is 1.46. The maximum atomic E-state index is 11.7. The van der Waals surface area contributed by atoms with Crippen molar-refractivity contribution in [1.82, 2.24) is 0 Å². The molecule has 0 bridgehead atoms. The van der Waals surface area contributed by atoms with Gasteiger partial charge in [0.1, 0.15) is 11.4 Å². The summed E-state index contributed by atoms with van der Waals surface area (Å²) >= 11 is 0. The maximum Gasteiger partial charge on any atom is 0.412 e. The number of ether oxygens (including phenoxy) is 2. The first-order valence-electron chi connectivity index (χ1n) is 5.73. The zero-order valence-corrected chi connectivity index (χ0v) is 11.2. The monoisotopic (exact) mass is 252 g/mol. The second kappa shape index (κ2) is 5.73. The molecule has 1 rings (SSSR count). The summed E-state index contributed by atoms with van der Waals surface area (Å²) in [5.74, 6) is 0.559. The Labute approximate surface area is 107 Å². The Hall–Kier alpha value is -1.75. The summed E-state index contributed by atoms with van der Waals surface area (Å²) in [6.45, 7) is 5.72. The van der Waals surface area contributed by atoms with Gasteiger partial charge in [0, 0.05) is 6.54 Å². The molecule has 0 unspecified atom stereocenters. The summed E-state index contributed by atoms with van der Waals surface area (Å²) in [7, 11) is 1.54. The first kappa shape index (κ1) is 14.3. The number of anilines is 1. The van der Waals surface area contributed by atoms with Crippen LogP contribution < -0.4 is 15.8 Å². The molecule has 0 spiro atoms. The number of methoxy groups -OCH3 is 1. The van der Waals surface area contributed by atoms with Crippen molar-refractivity contribution in [2.75, 3.05) is 12.4 Å². The van der Waals surface area contributed by atoms with Crippen molar-refractivity contribution in [2.24, 2.45) is 5.73 Å². The summed E-state index contributed by atoms with van der Waals surface area (Å²) < 4.78 is 10.4. The van der Waals surface area contributed by atoms with Gasteiger partial charge in [-0.15, -0.1) is 0 Å². The van der Waals surface area contributed by atoms with Gasteiger partial charge in [-0.25, -0.2) is 4.79 Å². The van der Waals surface area contributed by atoms with Crippen LogP contribution in [-0.2, 0) is 11.3 Å². The van der Waals surface area contributed by atoms with Crippen molar-refractivity contribution >= 4 is 11.8 Å². The Morgan fingerprint density at radius 3 is 2.56 bits per heavy atom. The minimum Gasteiger partial charge on any atom is -0.495 e. The van der Waals surface area contributed by atoms with E-state index in [9.17, 15) is 4.79 Å². The van der Waals surface area contributed by atoms with Gasteiger partial charge in [-0.3, -0.25) is 5.32 Å². The van der Waals surface area contributed by atoms with Gasteiger partial charge in [0.2, 0.25) is 0 Å². The highest BCUT2D eigenvalue weighted by Crippen LogP contribution is 2.28. The van der Waals surface area contributed by atoms with Gasteiger partial charge < -0.3 is 15.2 Å². The summed E-state index contributed by atoms with van der Waals surface area (Å²) in [5, 5.41) is 2.67. The Balaban J connectivity index is 2.92. The molecule has 0 saturated carbocycles. The third kappa shape index (κ3) is 3.92. The van der Waals surface area contributed by atoms with Crippen LogP contribution in [0.25, 0.3) is 0 Å². The lowest BCUT2D eigenvalue weighted by molar-refractivity contribution is 0.0635. The highest BCUT2D eigenvalue weighted by atomic mass is 16.6. The molecule has 0 fully saturated rings. The number of nitrogens with one attached hydrogen (secondary N) is 1. The smallest absolute Gasteiger partial charge is 0.412 e. The topological polar surface area (TPSA) is 73.6 Å². The van der Waals surface area contributed by atoms with Crippen molar-refractivity contribution in [3.8, 4) is 5.75 Å². The van der Waals surface area contributed by atoms with Crippen molar-refractivity contribution in [3.63, 3.8) is 0 Å². The van der Waals surface area contributed by atoms with Crippen LogP contribution in [0.15, 0.2) is 18.2 Å². The molecule has 0 radical (unpaired) electrons. The Bertz CT molecular complexity index is 402. The molecule has 18 heavy (non-hydrogen) atoms. The van der Waals surface area contributed by atoms with E-state index in [1.807, 2.05) is 12.1 Å². The van der Waals surface area contributed by atoms with Gasteiger partial charge in [0.25, 0.3) is 0 Å². The molecular weight excluding hydrogens is 232 g/mol. The lowest BCUT2D eigenvalue weighted by atomic mass is 10.1. The molecule has 0 aromatic heterocycles. The van der Waals surface area contributed by atoms with E-state index < -0.39 is 11.7 Å². The first-order chi connectivity index (χ1) is 8.37. The van der Waals surface area contributed by atoms with Crippen LogP contribution in [-0.4, -0.2) is 18.8 Å². The van der Waals surface area contributed by atoms with Crippen LogP contribution in [0, 0.1) is 0 Å². The summed E-state index contributed by atoms with van der Waals surface area (Å²) in [6.07, 6.45) is -0.526. The predicted molar refractivity (Wildman–Crippen MR) is 70.7 cm³/mol. The fraction of sp³-hybridized carbons (Fsp3) is 0.462. The van der Waals surface area contributed by atoms with Crippen LogP contribution >= 0.6 is 0 Å². The molecule has 0 aliphatic rings. The molecule has 0 saturated heterocycles. The lowest BCUT2D eigenvalue weighted by Crippen LogP contribution is -2.27. The molecule has 1 amide bonds. The molecule has 0 aliphatic carbocycles. The Morgan fingerprint density at radius 1 is 1.39 bits per heavy atom. The quantitative estimate of drug-likeness (QED) is 0.866. The third-order valence-electron chi connectivity index (χ3n) is 2.18. The van der Waals surface area contributed by atoms with Crippen molar-refractivity contribution < 1.29 is 14.3 Å². The van der Waals surface area contributed by atoms with E-state index in [0.717, 1.165) is 5.56 Å². The highest BCUT2D eigenvalue weighted by molar-refractivity contribution is 5.88. The normalized spacial score (nSPS) is 10.9. The van der Waals surface area contributed by atoms with Gasteiger partial charge >= 0.3 is 6.09 Å². The van der Waals surface area contributed by atoms with Crippen LogP contribution in [0.3, 0.4) is 0 Å². The minimum absolute atomic E-state index is 0.308. The SMILES string of the molecule is COc1cccc(CN)c1NC(=O)OC(C)(C)C. The van der Waals surface area contributed by atoms with Gasteiger partial charge in [-0.1, -0.05) is 12.1 Å². The Morgan fingerprint density at radius 2 is 2.06 bits per heavy atom. The second-order valence-electron chi connectivity index (χ2n) is 4.83. The number of nitrogens with two attached hydrogens (primary N) is 1. The van der Waals surface area contributed by atoms with Crippen LogP contribution in [0.4, 0.5) is 10.5 Å². The number of carbonyl (C=O) groups excluding carboxylic acids is 1. The molecular formula is C13H20N2O3. The minimum atomic E-state index is -0.547. The first-order valence-corrected chi connectivity index (χ1v) is 5.73. The number of para-hydroxylation sites is 1. The lowest BCUT2D eigenvalue weighted by Gasteiger charge is -2.21. The van der Waals surface area contributed by atoms with Gasteiger partial charge in [0.15, 0.2) is 0 Å². The van der Waals surface area contributed by atoms with E-state index in [2.05, 4.69) is 5.32 Å². The number of amides is 1. The molecule has 5 heteroatoms. The largest absolute Gasteiger partial charge is 0.495 e. The summed E-state index contributed by atoms with van der Waals surface area (Å²) in [6, 6.07) is 5.41.